The Hall–Kier alpha value is -2.10. The standard InChI is InChI=1S/C27H37ClF3N3O3/c1-18(15-33(2)17-22-23(27(29,30)31)8-5-9-24(22)28)21(14-25(35)36)26(37)32-20-10-12-34(13-11-20)16-19-6-3-4-7-19/h5-6,8-9,18,20-21H,3-4,7,10-17H2,1-2H3,(H,32,37)(H,35,36)/t18-,21-/m0/s1. The molecule has 37 heavy (non-hydrogen) atoms. The number of nitrogens with one attached hydrogen (secondary N) is 1. The minimum Gasteiger partial charge on any atom is -0.481 e. The molecule has 2 atom stereocenters. The van der Waals surface area contributed by atoms with E-state index in [0.717, 1.165) is 51.4 Å². The highest BCUT2D eigenvalue weighted by molar-refractivity contribution is 6.31. The minimum absolute atomic E-state index is 0.0139. The molecule has 6 nitrogen and oxygen atoms in total. The number of piperidine rings is 1. The molecular weight excluding hydrogens is 507 g/mol. The number of carbonyl (C=O) groups excluding carboxylic acids is 1. The number of halogens is 4. The van der Waals surface area contributed by atoms with Crippen molar-refractivity contribution in [2.24, 2.45) is 11.8 Å². The quantitative estimate of drug-likeness (QED) is 0.375. The zero-order valence-electron chi connectivity index (χ0n) is 21.5. The third-order valence-electron chi connectivity index (χ3n) is 7.37. The number of rotatable bonds is 11. The maximum absolute atomic E-state index is 13.5. The second-order valence-corrected chi connectivity index (χ2v) is 10.9. The van der Waals surface area contributed by atoms with Crippen LogP contribution in [0, 0.1) is 11.8 Å². The lowest BCUT2D eigenvalue weighted by Gasteiger charge is -2.34. The smallest absolute Gasteiger partial charge is 0.416 e. The zero-order chi connectivity index (χ0) is 27.2. The predicted octanol–water partition coefficient (Wildman–Crippen LogP) is 5.21. The number of hydrogen-bond acceptors (Lipinski definition) is 4. The van der Waals surface area contributed by atoms with Crippen LogP contribution in [0.25, 0.3) is 0 Å². The highest BCUT2D eigenvalue weighted by atomic mass is 35.5. The fourth-order valence-corrected chi connectivity index (χ4v) is 5.62. The van der Waals surface area contributed by atoms with Gasteiger partial charge in [-0.25, -0.2) is 0 Å². The van der Waals surface area contributed by atoms with Gasteiger partial charge in [-0.2, -0.15) is 13.2 Å². The topological polar surface area (TPSA) is 72.9 Å². The Balaban J connectivity index is 1.57. The van der Waals surface area contributed by atoms with Gasteiger partial charge in [0.25, 0.3) is 0 Å². The molecule has 1 aliphatic carbocycles. The number of benzene rings is 1. The fraction of sp³-hybridized carbons (Fsp3) is 0.630. The van der Waals surface area contributed by atoms with Gasteiger partial charge in [-0.1, -0.05) is 36.2 Å². The van der Waals surface area contributed by atoms with E-state index in [1.165, 1.54) is 24.1 Å². The largest absolute Gasteiger partial charge is 0.481 e. The highest BCUT2D eigenvalue weighted by Crippen LogP contribution is 2.35. The molecule has 0 saturated carbocycles. The summed E-state index contributed by atoms with van der Waals surface area (Å²) in [5, 5.41) is 12.5. The molecule has 1 amide bonds. The van der Waals surface area contributed by atoms with Crippen LogP contribution in [0.5, 0.6) is 0 Å². The first-order chi connectivity index (χ1) is 17.4. The molecule has 3 rings (SSSR count). The van der Waals surface area contributed by atoms with Gasteiger partial charge in [0.1, 0.15) is 0 Å². The Labute approximate surface area is 221 Å². The summed E-state index contributed by atoms with van der Waals surface area (Å²) in [7, 11) is 1.64. The molecule has 0 radical (unpaired) electrons. The monoisotopic (exact) mass is 543 g/mol. The predicted molar refractivity (Wildman–Crippen MR) is 137 cm³/mol. The maximum Gasteiger partial charge on any atom is 0.416 e. The normalized spacial score (nSPS) is 19.1. The molecule has 206 valence electrons. The van der Waals surface area contributed by atoms with Crippen LogP contribution in [0.1, 0.15) is 56.6 Å². The Morgan fingerprint density at radius 3 is 2.57 bits per heavy atom. The molecule has 0 aromatic heterocycles. The van der Waals surface area contributed by atoms with Crippen molar-refractivity contribution in [3.8, 4) is 0 Å². The van der Waals surface area contributed by atoms with E-state index in [2.05, 4.69) is 16.3 Å². The second-order valence-electron chi connectivity index (χ2n) is 10.5. The van der Waals surface area contributed by atoms with E-state index in [9.17, 15) is 27.9 Å². The van der Waals surface area contributed by atoms with Gasteiger partial charge in [0.05, 0.1) is 17.9 Å². The average molecular weight is 544 g/mol. The number of nitrogens with zero attached hydrogens (tertiary/aromatic N) is 2. The average Bonchev–Trinajstić information content (AvgIpc) is 3.32. The Kier molecular flexibility index (Phi) is 10.4. The minimum atomic E-state index is -4.54. The van der Waals surface area contributed by atoms with Crippen molar-refractivity contribution in [3.63, 3.8) is 0 Å². The molecule has 2 N–H and O–H groups in total. The number of amides is 1. The third-order valence-corrected chi connectivity index (χ3v) is 7.72. The molecule has 1 heterocycles. The van der Waals surface area contributed by atoms with E-state index >= 15 is 0 Å². The van der Waals surface area contributed by atoms with Crippen LogP contribution in [0.15, 0.2) is 29.8 Å². The summed E-state index contributed by atoms with van der Waals surface area (Å²) in [5.41, 5.74) is 0.654. The first-order valence-electron chi connectivity index (χ1n) is 12.9. The summed E-state index contributed by atoms with van der Waals surface area (Å²) >= 11 is 6.09. The third kappa shape index (κ3) is 8.72. The number of carboxylic acid groups (broad SMARTS) is 1. The van der Waals surface area contributed by atoms with Crippen LogP contribution < -0.4 is 5.32 Å². The summed E-state index contributed by atoms with van der Waals surface area (Å²) in [4.78, 5) is 28.7. The number of hydrogen-bond donors (Lipinski definition) is 2. The van der Waals surface area contributed by atoms with Crippen molar-refractivity contribution in [2.75, 3.05) is 33.2 Å². The van der Waals surface area contributed by atoms with Gasteiger partial charge in [-0.05, 0) is 62.8 Å². The van der Waals surface area contributed by atoms with Gasteiger partial charge in [0.15, 0.2) is 0 Å². The van der Waals surface area contributed by atoms with Crippen LogP contribution in [-0.4, -0.2) is 66.1 Å². The number of aliphatic carboxylic acids is 1. The molecule has 1 fully saturated rings. The second kappa shape index (κ2) is 13.1. The van der Waals surface area contributed by atoms with Crippen molar-refractivity contribution in [2.45, 2.75) is 64.2 Å². The number of carboxylic acids is 1. The van der Waals surface area contributed by atoms with E-state index in [1.807, 2.05) is 0 Å². The lowest BCUT2D eigenvalue weighted by atomic mass is 9.88. The van der Waals surface area contributed by atoms with Crippen molar-refractivity contribution >= 4 is 23.5 Å². The van der Waals surface area contributed by atoms with Crippen molar-refractivity contribution < 1.29 is 27.9 Å². The molecule has 1 aromatic carbocycles. The van der Waals surface area contributed by atoms with Gasteiger partial charge in [0.2, 0.25) is 5.91 Å². The van der Waals surface area contributed by atoms with Gasteiger partial charge in [-0.3, -0.25) is 14.5 Å². The molecule has 1 aliphatic heterocycles. The highest BCUT2D eigenvalue weighted by Gasteiger charge is 2.35. The van der Waals surface area contributed by atoms with Crippen LogP contribution in [-0.2, 0) is 22.3 Å². The maximum atomic E-state index is 13.5. The van der Waals surface area contributed by atoms with Crippen molar-refractivity contribution in [1.29, 1.82) is 0 Å². The molecule has 1 saturated heterocycles. The summed E-state index contributed by atoms with van der Waals surface area (Å²) in [6.45, 7) is 4.66. The molecule has 0 unspecified atom stereocenters. The Morgan fingerprint density at radius 1 is 1.27 bits per heavy atom. The first-order valence-corrected chi connectivity index (χ1v) is 13.3. The number of carbonyl (C=O) groups is 2. The van der Waals surface area contributed by atoms with Crippen LogP contribution in [0.2, 0.25) is 5.02 Å². The van der Waals surface area contributed by atoms with Gasteiger partial charge in [0, 0.05) is 43.8 Å². The summed E-state index contributed by atoms with van der Waals surface area (Å²) in [5.74, 6) is -2.59. The SMILES string of the molecule is C[C@@H](CN(C)Cc1c(Cl)cccc1C(F)(F)F)[C@H](CC(=O)O)C(=O)NC1CCN(CC2=CCCC2)CC1. The van der Waals surface area contributed by atoms with E-state index in [-0.39, 0.29) is 42.0 Å². The van der Waals surface area contributed by atoms with Gasteiger partial charge < -0.3 is 15.3 Å². The van der Waals surface area contributed by atoms with Crippen LogP contribution >= 0.6 is 11.6 Å². The molecule has 1 aromatic rings. The van der Waals surface area contributed by atoms with E-state index in [1.54, 1.807) is 18.9 Å². The lowest BCUT2D eigenvalue weighted by molar-refractivity contribution is -0.142. The fourth-order valence-electron chi connectivity index (χ4n) is 5.39. The summed E-state index contributed by atoms with van der Waals surface area (Å²) in [6, 6.07) is 3.66. The first kappa shape index (κ1) is 29.5. The van der Waals surface area contributed by atoms with Gasteiger partial charge in [-0.15, -0.1) is 0 Å². The number of allylic oxidation sites excluding steroid dienone is 1. The Bertz CT molecular complexity index is 977. The summed E-state index contributed by atoms with van der Waals surface area (Å²) < 4.78 is 40.4. The van der Waals surface area contributed by atoms with Crippen LogP contribution in [0.3, 0.4) is 0 Å². The van der Waals surface area contributed by atoms with Crippen molar-refractivity contribution in [3.05, 3.63) is 46.0 Å². The van der Waals surface area contributed by atoms with E-state index in [4.69, 9.17) is 11.6 Å². The number of alkyl halides is 3. The molecule has 0 bridgehead atoms. The lowest BCUT2D eigenvalue weighted by Crippen LogP contribution is -2.48. The summed E-state index contributed by atoms with van der Waals surface area (Å²) in [6.07, 6.45) is 2.59. The zero-order valence-corrected chi connectivity index (χ0v) is 22.2. The number of likely N-dealkylation sites (tertiary alicyclic amines) is 1. The molecule has 2 aliphatic rings. The van der Waals surface area contributed by atoms with E-state index < -0.39 is 29.5 Å². The molecular formula is C27H37ClF3N3O3. The van der Waals surface area contributed by atoms with Crippen molar-refractivity contribution in [1.82, 2.24) is 15.1 Å². The van der Waals surface area contributed by atoms with Gasteiger partial charge >= 0.3 is 12.1 Å². The Morgan fingerprint density at radius 2 is 1.97 bits per heavy atom. The van der Waals surface area contributed by atoms with E-state index in [0.29, 0.717) is 0 Å². The van der Waals surface area contributed by atoms with Crippen LogP contribution in [0.4, 0.5) is 13.2 Å². The molecule has 0 spiro atoms. The molecule has 10 heteroatoms.